The number of carbonyl (C=O) groups excluding carboxylic acids is 2. The minimum atomic E-state index is -0.389. The number of nitrogens with zero attached hydrogens (tertiary/aromatic N) is 1. The Morgan fingerprint density at radius 1 is 1.30 bits per heavy atom. The van der Waals surface area contributed by atoms with Crippen LogP contribution in [0.1, 0.15) is 26.3 Å². The van der Waals surface area contributed by atoms with Crippen molar-refractivity contribution >= 4 is 17.4 Å². The molecule has 108 valence electrons. The molecule has 1 N–H and O–H groups in total. The normalized spacial score (nSPS) is 15.1. The summed E-state index contributed by atoms with van der Waals surface area (Å²) < 4.78 is 0. The van der Waals surface area contributed by atoms with Crippen LogP contribution in [0.2, 0.25) is 0 Å². The summed E-state index contributed by atoms with van der Waals surface area (Å²) in [6, 6.07) is 7.76. The quantitative estimate of drug-likeness (QED) is 0.890. The lowest BCUT2D eigenvalue weighted by molar-refractivity contribution is -0.127. The third kappa shape index (κ3) is 3.18. The molecule has 1 aromatic rings. The van der Waals surface area contributed by atoms with Gasteiger partial charge >= 0.3 is 0 Å². The first-order chi connectivity index (χ1) is 9.49. The molecule has 0 spiro atoms. The molecule has 0 aliphatic carbocycles. The summed E-state index contributed by atoms with van der Waals surface area (Å²) in [6.45, 7) is 6.58. The van der Waals surface area contributed by atoms with E-state index in [0.717, 1.165) is 18.7 Å². The van der Waals surface area contributed by atoms with Crippen LogP contribution in [0.25, 0.3) is 0 Å². The zero-order valence-corrected chi connectivity index (χ0v) is 12.3. The fourth-order valence-corrected chi connectivity index (χ4v) is 2.70. The lowest BCUT2D eigenvalue weighted by Crippen LogP contribution is -2.47. The number of ketones is 1. The molecule has 1 unspecified atom stereocenters. The number of Topliss-reactive ketones (excluding diaryl/α,β-unsaturated/α-hetero) is 1. The molecule has 0 saturated carbocycles. The summed E-state index contributed by atoms with van der Waals surface area (Å²) in [6.07, 6.45) is 0.976. The number of benzene rings is 1. The molecule has 20 heavy (non-hydrogen) atoms. The number of anilines is 1. The molecular weight excluding hydrogens is 252 g/mol. The second-order valence-corrected chi connectivity index (χ2v) is 5.70. The maximum Gasteiger partial charge on any atom is 0.240 e. The van der Waals surface area contributed by atoms with Gasteiger partial charge in [-0.25, -0.2) is 0 Å². The number of rotatable bonds is 5. The smallest absolute Gasteiger partial charge is 0.240 e. The second kappa shape index (κ2) is 6.07. The summed E-state index contributed by atoms with van der Waals surface area (Å²) in [5.74, 6) is 0.0353. The Labute approximate surface area is 120 Å². The molecule has 1 aliphatic heterocycles. The topological polar surface area (TPSA) is 49.4 Å². The maximum absolute atomic E-state index is 12.1. The van der Waals surface area contributed by atoms with Crippen molar-refractivity contribution < 1.29 is 9.59 Å². The van der Waals surface area contributed by atoms with Crippen LogP contribution in [-0.4, -0.2) is 30.8 Å². The van der Waals surface area contributed by atoms with Crippen LogP contribution in [-0.2, 0) is 16.0 Å². The molecule has 0 bridgehead atoms. The Kier molecular flexibility index (Phi) is 4.42. The van der Waals surface area contributed by atoms with Gasteiger partial charge in [-0.2, -0.15) is 0 Å². The molecule has 0 radical (unpaired) electrons. The Morgan fingerprint density at radius 2 is 2.00 bits per heavy atom. The third-order valence-electron chi connectivity index (χ3n) is 3.74. The summed E-state index contributed by atoms with van der Waals surface area (Å²) in [4.78, 5) is 25.7. The highest BCUT2D eigenvalue weighted by Crippen LogP contribution is 2.26. The number of nitrogens with one attached hydrogen (secondary N) is 1. The first-order valence-electron chi connectivity index (χ1n) is 7.11. The zero-order valence-electron chi connectivity index (χ0n) is 12.3. The first kappa shape index (κ1) is 14.6. The summed E-state index contributed by atoms with van der Waals surface area (Å²) in [7, 11) is 0. The van der Waals surface area contributed by atoms with Crippen molar-refractivity contribution in [3.63, 3.8) is 0 Å². The van der Waals surface area contributed by atoms with Crippen molar-refractivity contribution in [3.05, 3.63) is 29.8 Å². The van der Waals surface area contributed by atoms with Crippen LogP contribution < -0.4 is 10.2 Å². The largest absolute Gasteiger partial charge is 0.362 e. The molecule has 1 aliphatic rings. The van der Waals surface area contributed by atoms with E-state index in [4.69, 9.17) is 0 Å². The van der Waals surface area contributed by atoms with Gasteiger partial charge in [0, 0.05) is 12.2 Å². The molecule has 0 saturated heterocycles. The van der Waals surface area contributed by atoms with Gasteiger partial charge in [-0.15, -0.1) is 0 Å². The Hall–Kier alpha value is -1.84. The van der Waals surface area contributed by atoms with E-state index in [1.54, 1.807) is 0 Å². The SMILES string of the molecule is CC(=O)C(NC(=O)CN1CCc2ccccc21)C(C)C. The van der Waals surface area contributed by atoms with Crippen LogP contribution >= 0.6 is 0 Å². The summed E-state index contributed by atoms with van der Waals surface area (Å²) >= 11 is 0. The van der Waals surface area contributed by atoms with Crippen molar-refractivity contribution in [2.24, 2.45) is 5.92 Å². The summed E-state index contributed by atoms with van der Waals surface area (Å²) in [5.41, 5.74) is 2.42. The number of para-hydroxylation sites is 1. The predicted molar refractivity (Wildman–Crippen MR) is 79.8 cm³/mol. The van der Waals surface area contributed by atoms with E-state index in [-0.39, 0.29) is 23.7 Å². The van der Waals surface area contributed by atoms with E-state index in [2.05, 4.69) is 16.3 Å². The minimum Gasteiger partial charge on any atom is -0.362 e. The van der Waals surface area contributed by atoms with E-state index in [1.165, 1.54) is 12.5 Å². The van der Waals surface area contributed by atoms with Gasteiger partial charge in [0.05, 0.1) is 12.6 Å². The third-order valence-corrected chi connectivity index (χ3v) is 3.74. The van der Waals surface area contributed by atoms with E-state index >= 15 is 0 Å². The molecule has 1 atom stereocenters. The Bertz CT molecular complexity index is 511. The molecule has 2 rings (SSSR count). The van der Waals surface area contributed by atoms with Crippen LogP contribution in [0.5, 0.6) is 0 Å². The number of fused-ring (bicyclic) bond motifs is 1. The Morgan fingerprint density at radius 3 is 2.65 bits per heavy atom. The van der Waals surface area contributed by atoms with Gasteiger partial charge in [-0.05, 0) is 30.9 Å². The lowest BCUT2D eigenvalue weighted by Gasteiger charge is -2.23. The minimum absolute atomic E-state index is 0.00942. The zero-order chi connectivity index (χ0) is 14.7. The van der Waals surface area contributed by atoms with Gasteiger partial charge < -0.3 is 10.2 Å². The molecule has 4 nitrogen and oxygen atoms in total. The number of hydrogen-bond donors (Lipinski definition) is 1. The standard InChI is InChI=1S/C16H22N2O2/c1-11(2)16(12(3)19)17-15(20)10-18-9-8-13-6-4-5-7-14(13)18/h4-7,11,16H,8-10H2,1-3H3,(H,17,20). The van der Waals surface area contributed by atoms with Crippen molar-refractivity contribution in [3.8, 4) is 0 Å². The molecule has 4 heteroatoms. The van der Waals surface area contributed by atoms with Gasteiger partial charge in [0.1, 0.15) is 0 Å². The van der Waals surface area contributed by atoms with Crippen LogP contribution in [0, 0.1) is 5.92 Å². The highest BCUT2D eigenvalue weighted by atomic mass is 16.2. The lowest BCUT2D eigenvalue weighted by atomic mass is 10.0. The number of carbonyl (C=O) groups is 2. The van der Waals surface area contributed by atoms with Crippen molar-refractivity contribution in [2.45, 2.75) is 33.2 Å². The average Bonchev–Trinajstić information content (AvgIpc) is 2.79. The van der Waals surface area contributed by atoms with Crippen molar-refractivity contribution in [1.82, 2.24) is 5.32 Å². The van der Waals surface area contributed by atoms with E-state index in [1.807, 2.05) is 32.0 Å². The molecule has 0 fully saturated rings. The van der Waals surface area contributed by atoms with E-state index < -0.39 is 0 Å². The van der Waals surface area contributed by atoms with E-state index in [0.29, 0.717) is 6.54 Å². The van der Waals surface area contributed by atoms with Gasteiger partial charge in [-0.1, -0.05) is 32.0 Å². The predicted octanol–water partition coefficient (Wildman–Crippen LogP) is 1.78. The van der Waals surface area contributed by atoms with Crippen molar-refractivity contribution in [2.75, 3.05) is 18.0 Å². The van der Waals surface area contributed by atoms with Gasteiger partial charge in [0.2, 0.25) is 5.91 Å². The van der Waals surface area contributed by atoms with Crippen LogP contribution in [0.15, 0.2) is 24.3 Å². The molecule has 1 heterocycles. The molecule has 1 amide bonds. The summed E-state index contributed by atoms with van der Waals surface area (Å²) in [5, 5.41) is 2.84. The fourth-order valence-electron chi connectivity index (χ4n) is 2.70. The average molecular weight is 274 g/mol. The highest BCUT2D eigenvalue weighted by molar-refractivity contribution is 5.89. The monoisotopic (exact) mass is 274 g/mol. The number of hydrogen-bond acceptors (Lipinski definition) is 3. The molecule has 1 aromatic carbocycles. The van der Waals surface area contributed by atoms with Crippen molar-refractivity contribution in [1.29, 1.82) is 0 Å². The van der Waals surface area contributed by atoms with Gasteiger partial charge in [-0.3, -0.25) is 9.59 Å². The number of amides is 1. The second-order valence-electron chi connectivity index (χ2n) is 5.70. The van der Waals surface area contributed by atoms with Gasteiger partial charge in [0.25, 0.3) is 0 Å². The van der Waals surface area contributed by atoms with Gasteiger partial charge in [0.15, 0.2) is 5.78 Å². The van der Waals surface area contributed by atoms with Crippen LogP contribution in [0.3, 0.4) is 0 Å². The molecular formula is C16H22N2O2. The molecule has 0 aromatic heterocycles. The highest BCUT2D eigenvalue weighted by Gasteiger charge is 2.24. The first-order valence-corrected chi connectivity index (χ1v) is 7.11. The fraction of sp³-hybridized carbons (Fsp3) is 0.500. The van der Waals surface area contributed by atoms with E-state index in [9.17, 15) is 9.59 Å². The maximum atomic E-state index is 12.1. The van der Waals surface area contributed by atoms with Crippen LogP contribution in [0.4, 0.5) is 5.69 Å². The Balaban J connectivity index is 1.98.